The Morgan fingerprint density at radius 2 is 2.38 bits per heavy atom. The van der Waals surface area contributed by atoms with Gasteiger partial charge in [-0.15, -0.1) is 21.8 Å². The lowest BCUT2D eigenvalue weighted by Gasteiger charge is -2.18. The van der Waals surface area contributed by atoms with Gasteiger partial charge in [-0.05, 0) is 12.8 Å². The van der Waals surface area contributed by atoms with E-state index in [2.05, 4.69) is 10.2 Å². The summed E-state index contributed by atoms with van der Waals surface area (Å²) < 4.78 is 10.7. The van der Waals surface area contributed by atoms with Gasteiger partial charge < -0.3 is 9.15 Å². The van der Waals surface area contributed by atoms with Gasteiger partial charge in [-0.1, -0.05) is 0 Å². The Bertz CT molecular complexity index is 271. The van der Waals surface area contributed by atoms with E-state index in [0.29, 0.717) is 18.4 Å². The van der Waals surface area contributed by atoms with Crippen LogP contribution in [0.4, 0.5) is 0 Å². The van der Waals surface area contributed by atoms with E-state index >= 15 is 0 Å². The molecule has 5 heteroatoms. The molecule has 1 aromatic heterocycles. The second-order valence-corrected chi connectivity index (χ2v) is 3.35. The van der Waals surface area contributed by atoms with E-state index in [0.717, 1.165) is 19.4 Å². The van der Waals surface area contributed by atoms with Crippen LogP contribution in [0.2, 0.25) is 0 Å². The third-order valence-corrected chi connectivity index (χ3v) is 2.33. The molecule has 0 aromatic carbocycles. The lowest BCUT2D eigenvalue weighted by Crippen LogP contribution is -2.15. The van der Waals surface area contributed by atoms with Crippen LogP contribution in [0.25, 0.3) is 0 Å². The molecule has 0 saturated carbocycles. The Hall–Kier alpha value is -0.610. The van der Waals surface area contributed by atoms with Crippen molar-refractivity contribution in [2.24, 2.45) is 0 Å². The van der Waals surface area contributed by atoms with Gasteiger partial charge in [-0.25, -0.2) is 0 Å². The predicted octanol–water partition coefficient (Wildman–Crippen LogP) is 1.70. The fourth-order valence-electron chi connectivity index (χ4n) is 1.42. The standard InChI is InChI=1S/C8H11ClN2O2/c9-4-7-10-11-8(13-7)6-2-1-3-12-5-6/h6H,1-5H2/t6-/m0/s1. The highest BCUT2D eigenvalue weighted by atomic mass is 35.5. The molecule has 2 rings (SSSR count). The first-order valence-corrected chi connectivity index (χ1v) is 4.89. The van der Waals surface area contributed by atoms with Gasteiger partial charge in [-0.3, -0.25) is 0 Å². The molecule has 2 heterocycles. The number of rotatable bonds is 2. The molecule has 1 aromatic rings. The summed E-state index contributed by atoms with van der Waals surface area (Å²) in [5.74, 6) is 1.69. The maximum Gasteiger partial charge on any atom is 0.231 e. The molecule has 0 unspecified atom stereocenters. The van der Waals surface area contributed by atoms with Crippen LogP contribution in [0.5, 0.6) is 0 Å². The predicted molar refractivity (Wildman–Crippen MR) is 46.6 cm³/mol. The summed E-state index contributed by atoms with van der Waals surface area (Å²) in [6.45, 7) is 1.52. The lowest BCUT2D eigenvalue weighted by molar-refractivity contribution is 0.0722. The summed E-state index contributed by atoms with van der Waals surface area (Å²) >= 11 is 5.55. The van der Waals surface area contributed by atoms with Crippen LogP contribution in [-0.4, -0.2) is 23.4 Å². The van der Waals surface area contributed by atoms with E-state index in [1.54, 1.807) is 0 Å². The minimum Gasteiger partial charge on any atom is -0.424 e. The monoisotopic (exact) mass is 202 g/mol. The molecule has 0 N–H and O–H groups in total. The van der Waals surface area contributed by atoms with Crippen molar-refractivity contribution < 1.29 is 9.15 Å². The number of nitrogens with zero attached hydrogens (tertiary/aromatic N) is 2. The maximum absolute atomic E-state index is 5.55. The zero-order chi connectivity index (χ0) is 9.10. The molecule has 0 spiro atoms. The molecule has 0 aliphatic carbocycles. The number of aromatic nitrogens is 2. The maximum atomic E-state index is 5.55. The molecule has 13 heavy (non-hydrogen) atoms. The summed E-state index contributed by atoms with van der Waals surface area (Å²) in [5, 5.41) is 7.74. The second kappa shape index (κ2) is 4.07. The van der Waals surface area contributed by atoms with Gasteiger partial charge in [0.1, 0.15) is 5.88 Å². The average molecular weight is 203 g/mol. The number of halogens is 1. The Kier molecular flexibility index (Phi) is 2.80. The highest BCUT2D eigenvalue weighted by Crippen LogP contribution is 2.24. The minimum absolute atomic E-state index is 0.262. The van der Waals surface area contributed by atoms with Crippen LogP contribution >= 0.6 is 11.6 Å². The van der Waals surface area contributed by atoms with Gasteiger partial charge in [0.15, 0.2) is 0 Å². The molecular weight excluding hydrogens is 192 g/mol. The molecule has 0 bridgehead atoms. The highest BCUT2D eigenvalue weighted by Gasteiger charge is 2.21. The van der Waals surface area contributed by atoms with E-state index in [9.17, 15) is 0 Å². The van der Waals surface area contributed by atoms with Gasteiger partial charge in [0.25, 0.3) is 0 Å². The van der Waals surface area contributed by atoms with E-state index in [1.807, 2.05) is 0 Å². The zero-order valence-electron chi connectivity index (χ0n) is 7.20. The highest BCUT2D eigenvalue weighted by molar-refractivity contribution is 6.16. The van der Waals surface area contributed by atoms with Gasteiger partial charge in [0.2, 0.25) is 11.8 Å². The number of hydrogen-bond acceptors (Lipinski definition) is 4. The normalized spacial score (nSPS) is 23.3. The van der Waals surface area contributed by atoms with Crippen molar-refractivity contribution in [1.82, 2.24) is 10.2 Å². The first kappa shape index (κ1) is 8.97. The fraction of sp³-hybridized carbons (Fsp3) is 0.750. The Morgan fingerprint density at radius 1 is 1.46 bits per heavy atom. The molecule has 1 aliphatic heterocycles. The molecular formula is C8H11ClN2O2. The van der Waals surface area contributed by atoms with Crippen LogP contribution in [0.1, 0.15) is 30.5 Å². The Balaban J connectivity index is 2.05. The lowest BCUT2D eigenvalue weighted by atomic mass is 10.0. The molecule has 72 valence electrons. The average Bonchev–Trinajstić information content (AvgIpc) is 2.67. The van der Waals surface area contributed by atoms with Gasteiger partial charge in [0.05, 0.1) is 12.5 Å². The molecule has 1 atom stereocenters. The Labute approximate surface area is 81.2 Å². The number of ether oxygens (including phenoxy) is 1. The van der Waals surface area contributed by atoms with E-state index < -0.39 is 0 Å². The largest absolute Gasteiger partial charge is 0.424 e. The smallest absolute Gasteiger partial charge is 0.231 e. The van der Waals surface area contributed by atoms with Crippen LogP contribution in [0.15, 0.2) is 4.42 Å². The minimum atomic E-state index is 0.262. The van der Waals surface area contributed by atoms with Crippen LogP contribution in [0, 0.1) is 0 Å². The van der Waals surface area contributed by atoms with E-state index in [-0.39, 0.29) is 11.8 Å². The summed E-state index contributed by atoms with van der Waals surface area (Å²) in [5.41, 5.74) is 0. The summed E-state index contributed by atoms with van der Waals surface area (Å²) in [4.78, 5) is 0. The summed E-state index contributed by atoms with van der Waals surface area (Å²) in [6.07, 6.45) is 2.12. The summed E-state index contributed by atoms with van der Waals surface area (Å²) in [6, 6.07) is 0. The van der Waals surface area contributed by atoms with Crippen molar-refractivity contribution in [2.75, 3.05) is 13.2 Å². The Morgan fingerprint density at radius 3 is 3.00 bits per heavy atom. The van der Waals surface area contributed by atoms with E-state index in [4.69, 9.17) is 20.8 Å². The molecule has 1 saturated heterocycles. The third kappa shape index (κ3) is 2.00. The van der Waals surface area contributed by atoms with Crippen molar-refractivity contribution in [3.63, 3.8) is 0 Å². The fourth-order valence-corrected chi connectivity index (χ4v) is 1.53. The first-order chi connectivity index (χ1) is 6.40. The molecule has 1 aliphatic rings. The van der Waals surface area contributed by atoms with Crippen molar-refractivity contribution >= 4 is 11.6 Å². The first-order valence-electron chi connectivity index (χ1n) is 4.36. The topological polar surface area (TPSA) is 48.2 Å². The zero-order valence-corrected chi connectivity index (χ0v) is 7.96. The van der Waals surface area contributed by atoms with Crippen LogP contribution in [0.3, 0.4) is 0 Å². The molecule has 4 nitrogen and oxygen atoms in total. The molecule has 1 fully saturated rings. The molecule has 0 amide bonds. The summed E-state index contributed by atoms with van der Waals surface area (Å²) in [7, 11) is 0. The third-order valence-electron chi connectivity index (χ3n) is 2.11. The number of alkyl halides is 1. The van der Waals surface area contributed by atoms with Gasteiger partial charge in [-0.2, -0.15) is 0 Å². The quantitative estimate of drug-likeness (QED) is 0.685. The van der Waals surface area contributed by atoms with Gasteiger partial charge in [0, 0.05) is 6.61 Å². The van der Waals surface area contributed by atoms with Crippen LogP contribution in [-0.2, 0) is 10.6 Å². The molecule has 0 radical (unpaired) electrons. The number of hydrogen-bond donors (Lipinski definition) is 0. The van der Waals surface area contributed by atoms with Crippen LogP contribution < -0.4 is 0 Å². The van der Waals surface area contributed by atoms with Crippen molar-refractivity contribution in [2.45, 2.75) is 24.6 Å². The van der Waals surface area contributed by atoms with Gasteiger partial charge >= 0.3 is 0 Å². The second-order valence-electron chi connectivity index (χ2n) is 3.08. The van der Waals surface area contributed by atoms with Crippen molar-refractivity contribution in [3.05, 3.63) is 11.8 Å². The SMILES string of the molecule is ClCc1nnc([C@H]2CCCOC2)o1. The van der Waals surface area contributed by atoms with E-state index in [1.165, 1.54) is 0 Å². The van der Waals surface area contributed by atoms with Crippen molar-refractivity contribution in [1.29, 1.82) is 0 Å². The van der Waals surface area contributed by atoms with Crippen molar-refractivity contribution in [3.8, 4) is 0 Å².